The highest BCUT2D eigenvalue weighted by Crippen LogP contribution is 2.35. The van der Waals surface area contributed by atoms with Gasteiger partial charge in [0.25, 0.3) is 0 Å². The third kappa shape index (κ3) is 2.49. The first kappa shape index (κ1) is 13.0. The molecule has 0 radical (unpaired) electrons. The van der Waals surface area contributed by atoms with Gasteiger partial charge in [-0.3, -0.25) is 0 Å². The van der Waals surface area contributed by atoms with Crippen LogP contribution in [0.1, 0.15) is 11.1 Å². The zero-order valence-corrected chi connectivity index (χ0v) is 11.9. The van der Waals surface area contributed by atoms with E-state index < -0.39 is 0 Å². The molecule has 0 spiro atoms. The molecule has 0 amide bonds. The van der Waals surface area contributed by atoms with Crippen LogP contribution in [0.15, 0.2) is 36.4 Å². The molecule has 3 rings (SSSR count). The van der Waals surface area contributed by atoms with Gasteiger partial charge in [0, 0.05) is 6.54 Å². The summed E-state index contributed by atoms with van der Waals surface area (Å²) in [4.78, 5) is 0. The first-order chi connectivity index (χ1) is 9.78. The van der Waals surface area contributed by atoms with Gasteiger partial charge in [-0.2, -0.15) is 0 Å². The normalized spacial score (nSPS) is 13.3. The number of hydrogen-bond acceptors (Lipinski definition) is 3. The van der Waals surface area contributed by atoms with Gasteiger partial charge in [-0.05, 0) is 42.8 Å². The molecule has 0 saturated heterocycles. The summed E-state index contributed by atoms with van der Waals surface area (Å²) in [6, 6.07) is 12.7. The van der Waals surface area contributed by atoms with E-state index in [0.717, 1.165) is 18.0 Å². The molecular weight excluding hydrogens is 250 g/mol. The van der Waals surface area contributed by atoms with E-state index in [2.05, 4.69) is 42.6 Å². The van der Waals surface area contributed by atoms with Crippen molar-refractivity contribution in [3.05, 3.63) is 47.5 Å². The van der Waals surface area contributed by atoms with E-state index in [4.69, 9.17) is 9.47 Å². The summed E-state index contributed by atoms with van der Waals surface area (Å²) in [5, 5.41) is 3.22. The number of fused-ring (bicyclic) bond motifs is 1. The Kier molecular flexibility index (Phi) is 3.61. The van der Waals surface area contributed by atoms with E-state index >= 15 is 0 Å². The van der Waals surface area contributed by atoms with Crippen molar-refractivity contribution in [1.29, 1.82) is 0 Å². The predicted molar refractivity (Wildman–Crippen MR) is 80.4 cm³/mol. The summed E-state index contributed by atoms with van der Waals surface area (Å²) in [6.45, 7) is 4.21. The monoisotopic (exact) mass is 269 g/mol. The first-order valence-corrected chi connectivity index (χ1v) is 6.92. The van der Waals surface area contributed by atoms with Crippen LogP contribution < -0.4 is 14.8 Å². The first-order valence-electron chi connectivity index (χ1n) is 6.92. The van der Waals surface area contributed by atoms with Gasteiger partial charge in [-0.15, -0.1) is 0 Å². The molecule has 2 aromatic rings. The molecule has 2 aromatic carbocycles. The Hall–Kier alpha value is -2.00. The number of nitrogens with one attached hydrogen (secondary N) is 1. The summed E-state index contributed by atoms with van der Waals surface area (Å²) >= 11 is 0. The minimum absolute atomic E-state index is 0.619. The van der Waals surface area contributed by atoms with Crippen molar-refractivity contribution in [3.8, 4) is 22.6 Å². The van der Waals surface area contributed by atoms with Crippen molar-refractivity contribution >= 4 is 0 Å². The van der Waals surface area contributed by atoms with Crippen LogP contribution in [-0.4, -0.2) is 20.3 Å². The number of rotatable bonds is 3. The van der Waals surface area contributed by atoms with Crippen molar-refractivity contribution in [2.75, 3.05) is 20.3 Å². The molecule has 1 N–H and O–H groups in total. The molecule has 1 aliphatic rings. The smallest absolute Gasteiger partial charge is 0.161 e. The predicted octanol–water partition coefficient (Wildman–Crippen LogP) is 3.15. The molecule has 0 bridgehead atoms. The van der Waals surface area contributed by atoms with Crippen LogP contribution >= 0.6 is 0 Å². The largest absolute Gasteiger partial charge is 0.486 e. The number of hydrogen-bond donors (Lipinski definition) is 1. The summed E-state index contributed by atoms with van der Waals surface area (Å²) < 4.78 is 11.3. The van der Waals surface area contributed by atoms with Gasteiger partial charge in [0.1, 0.15) is 13.2 Å². The van der Waals surface area contributed by atoms with Crippen LogP contribution in [0.4, 0.5) is 0 Å². The Balaban J connectivity index is 2.05. The molecule has 0 aliphatic carbocycles. The zero-order valence-electron chi connectivity index (χ0n) is 11.9. The molecule has 0 aromatic heterocycles. The Labute approximate surface area is 119 Å². The van der Waals surface area contributed by atoms with Crippen LogP contribution in [0.5, 0.6) is 11.5 Å². The van der Waals surface area contributed by atoms with E-state index in [0.29, 0.717) is 13.2 Å². The Bertz CT molecular complexity index is 622. The third-order valence-electron chi connectivity index (χ3n) is 3.49. The maximum Gasteiger partial charge on any atom is 0.161 e. The van der Waals surface area contributed by atoms with Crippen LogP contribution in [0, 0.1) is 6.92 Å². The van der Waals surface area contributed by atoms with Crippen LogP contribution in [0.25, 0.3) is 11.1 Å². The second kappa shape index (κ2) is 5.55. The van der Waals surface area contributed by atoms with Gasteiger partial charge >= 0.3 is 0 Å². The Morgan fingerprint density at radius 3 is 2.60 bits per heavy atom. The third-order valence-corrected chi connectivity index (χ3v) is 3.49. The summed E-state index contributed by atoms with van der Waals surface area (Å²) in [5.41, 5.74) is 4.96. The van der Waals surface area contributed by atoms with Crippen molar-refractivity contribution in [2.45, 2.75) is 13.5 Å². The van der Waals surface area contributed by atoms with E-state index in [1.54, 1.807) is 0 Å². The maximum atomic E-state index is 5.68. The lowest BCUT2D eigenvalue weighted by Gasteiger charge is -2.19. The van der Waals surface area contributed by atoms with Gasteiger partial charge in [0.15, 0.2) is 11.5 Å². The number of ether oxygens (including phenoxy) is 2. The molecule has 0 unspecified atom stereocenters. The SMILES string of the molecule is CNCc1ccc(C)cc1-c1ccc2c(c1)OCCO2. The molecule has 0 atom stereocenters. The molecule has 0 saturated carbocycles. The highest BCUT2D eigenvalue weighted by molar-refractivity contribution is 5.71. The highest BCUT2D eigenvalue weighted by Gasteiger charge is 2.13. The Morgan fingerprint density at radius 2 is 1.80 bits per heavy atom. The lowest BCUT2D eigenvalue weighted by molar-refractivity contribution is 0.171. The standard InChI is InChI=1S/C17H19NO2/c1-12-3-4-14(11-18-2)15(9-12)13-5-6-16-17(10-13)20-8-7-19-16/h3-6,9-10,18H,7-8,11H2,1-2H3. The zero-order chi connectivity index (χ0) is 13.9. The molecule has 3 nitrogen and oxygen atoms in total. The van der Waals surface area contributed by atoms with Gasteiger partial charge in [-0.25, -0.2) is 0 Å². The Morgan fingerprint density at radius 1 is 1.00 bits per heavy atom. The average Bonchev–Trinajstić information content (AvgIpc) is 2.49. The molecule has 104 valence electrons. The highest BCUT2D eigenvalue weighted by atomic mass is 16.6. The average molecular weight is 269 g/mol. The van der Waals surface area contributed by atoms with Crippen LogP contribution in [0.2, 0.25) is 0 Å². The minimum Gasteiger partial charge on any atom is -0.486 e. The summed E-state index contributed by atoms with van der Waals surface area (Å²) in [7, 11) is 1.97. The second-order valence-corrected chi connectivity index (χ2v) is 5.05. The molecule has 1 aliphatic heterocycles. The van der Waals surface area contributed by atoms with Crippen LogP contribution in [-0.2, 0) is 6.54 Å². The molecular formula is C17H19NO2. The van der Waals surface area contributed by atoms with Crippen molar-refractivity contribution in [2.24, 2.45) is 0 Å². The number of aryl methyl sites for hydroxylation is 1. The van der Waals surface area contributed by atoms with E-state index in [1.165, 1.54) is 22.3 Å². The fraction of sp³-hybridized carbons (Fsp3) is 0.294. The summed E-state index contributed by atoms with van der Waals surface area (Å²) in [6.07, 6.45) is 0. The molecule has 0 fully saturated rings. The molecule has 1 heterocycles. The van der Waals surface area contributed by atoms with Crippen molar-refractivity contribution in [1.82, 2.24) is 5.32 Å². The second-order valence-electron chi connectivity index (χ2n) is 5.05. The van der Waals surface area contributed by atoms with Gasteiger partial charge < -0.3 is 14.8 Å². The van der Waals surface area contributed by atoms with Crippen molar-refractivity contribution in [3.63, 3.8) is 0 Å². The van der Waals surface area contributed by atoms with Crippen molar-refractivity contribution < 1.29 is 9.47 Å². The maximum absolute atomic E-state index is 5.68. The fourth-order valence-electron chi connectivity index (χ4n) is 2.51. The number of benzene rings is 2. The van der Waals surface area contributed by atoms with Gasteiger partial charge in [-0.1, -0.05) is 29.8 Å². The lowest BCUT2D eigenvalue weighted by Crippen LogP contribution is -2.15. The quantitative estimate of drug-likeness (QED) is 0.928. The lowest BCUT2D eigenvalue weighted by atomic mass is 9.97. The minimum atomic E-state index is 0.619. The van der Waals surface area contributed by atoms with Gasteiger partial charge in [0.2, 0.25) is 0 Å². The van der Waals surface area contributed by atoms with Gasteiger partial charge in [0.05, 0.1) is 0 Å². The fourth-order valence-corrected chi connectivity index (χ4v) is 2.51. The van der Waals surface area contributed by atoms with Crippen LogP contribution in [0.3, 0.4) is 0 Å². The molecule has 3 heteroatoms. The summed E-state index contributed by atoms with van der Waals surface area (Å²) in [5.74, 6) is 1.67. The topological polar surface area (TPSA) is 30.5 Å². The van der Waals surface area contributed by atoms with E-state index in [1.807, 2.05) is 13.1 Å². The van der Waals surface area contributed by atoms with E-state index in [-0.39, 0.29) is 0 Å². The molecule has 20 heavy (non-hydrogen) atoms. The van der Waals surface area contributed by atoms with E-state index in [9.17, 15) is 0 Å².